The maximum absolute atomic E-state index is 10.6. The van der Waals surface area contributed by atoms with Crippen molar-refractivity contribution >= 4 is 46.4 Å². The minimum Gasteiger partial charge on any atom is -0.617 e. The lowest BCUT2D eigenvalue weighted by Crippen LogP contribution is -2.28. The molecule has 2 heterocycles. The van der Waals surface area contributed by atoms with Gasteiger partial charge in [0.1, 0.15) is 0 Å². The Bertz CT molecular complexity index is 461. The molecule has 0 aliphatic rings. The molecule has 18 heavy (non-hydrogen) atoms. The Morgan fingerprint density at radius 2 is 0.833 bits per heavy atom. The smallest absolute Gasteiger partial charge is 0.287 e. The summed E-state index contributed by atoms with van der Waals surface area (Å²) < 4.78 is 0.895. The first-order valence-electron chi connectivity index (χ1n) is 4.50. The summed E-state index contributed by atoms with van der Waals surface area (Å²) in [6, 6.07) is 9.11. The average Bonchev–Trinajstić information content (AvgIpc) is 2.34. The highest BCUT2D eigenvalue weighted by Crippen LogP contribution is 2.06. The molecule has 0 fully saturated rings. The lowest BCUT2D eigenvalue weighted by molar-refractivity contribution is -0.600. The van der Waals surface area contributed by atoms with Crippen LogP contribution in [0.15, 0.2) is 36.4 Å². The number of hydrogen-bond donors (Lipinski definition) is 0. The summed E-state index contributed by atoms with van der Waals surface area (Å²) in [4.78, 5) is 0. The van der Waals surface area contributed by atoms with Gasteiger partial charge in [-0.15, -0.1) is 9.46 Å². The molecule has 0 amide bonds. The van der Waals surface area contributed by atoms with Gasteiger partial charge in [0.15, 0.2) is 0 Å². The van der Waals surface area contributed by atoms with E-state index in [1.807, 2.05) is 0 Å². The fraction of sp³-hybridized carbons (Fsp3) is 0. The minimum absolute atomic E-state index is 0.0856. The van der Waals surface area contributed by atoms with E-state index in [0.717, 1.165) is 0 Å². The van der Waals surface area contributed by atoms with Crippen LogP contribution in [0.3, 0.4) is 0 Å². The third-order valence-electron chi connectivity index (χ3n) is 1.71. The molecule has 4 nitrogen and oxygen atoms in total. The maximum atomic E-state index is 10.6. The SMILES string of the molecule is [O-][n+]1c(Cl)cccc1Cl.[O-][n+]1c(Cl)cccc1Cl. The highest BCUT2D eigenvalue weighted by atomic mass is 35.5. The van der Waals surface area contributed by atoms with Crippen LogP contribution in [0, 0.1) is 10.4 Å². The average molecular weight is 328 g/mol. The molecule has 0 bridgehead atoms. The fourth-order valence-corrected chi connectivity index (χ4v) is 1.63. The number of hydrogen-bond acceptors (Lipinski definition) is 2. The fourth-order valence-electron chi connectivity index (χ4n) is 0.889. The van der Waals surface area contributed by atoms with Crippen molar-refractivity contribution in [1.29, 1.82) is 0 Å². The molecular formula is C10H6Cl4N2O2. The van der Waals surface area contributed by atoms with E-state index in [1.165, 1.54) is 24.3 Å². The van der Waals surface area contributed by atoms with E-state index in [1.54, 1.807) is 12.1 Å². The molecule has 0 saturated heterocycles. The molecule has 0 spiro atoms. The van der Waals surface area contributed by atoms with Gasteiger partial charge in [-0.2, -0.15) is 0 Å². The van der Waals surface area contributed by atoms with Crippen molar-refractivity contribution in [2.24, 2.45) is 0 Å². The minimum atomic E-state index is 0.0856. The molecule has 0 atom stereocenters. The zero-order valence-electron chi connectivity index (χ0n) is 8.69. The Balaban J connectivity index is 0.000000180. The van der Waals surface area contributed by atoms with Crippen molar-refractivity contribution in [3.05, 3.63) is 67.4 Å². The number of rotatable bonds is 0. The number of aromatic nitrogens is 2. The summed E-state index contributed by atoms with van der Waals surface area (Å²) >= 11 is 21.5. The normalized spacial score (nSPS) is 9.56. The zero-order valence-corrected chi connectivity index (χ0v) is 11.7. The van der Waals surface area contributed by atoms with E-state index in [4.69, 9.17) is 46.4 Å². The summed E-state index contributed by atoms with van der Waals surface area (Å²) in [5.41, 5.74) is 0. The van der Waals surface area contributed by atoms with Crippen LogP contribution in [-0.2, 0) is 0 Å². The maximum Gasteiger partial charge on any atom is 0.287 e. The van der Waals surface area contributed by atoms with Gasteiger partial charge in [0.05, 0.1) is 0 Å². The first kappa shape index (κ1) is 15.1. The van der Waals surface area contributed by atoms with Crippen molar-refractivity contribution in [3.63, 3.8) is 0 Å². The predicted molar refractivity (Wildman–Crippen MR) is 70.8 cm³/mol. The molecule has 0 saturated carbocycles. The van der Waals surface area contributed by atoms with Gasteiger partial charge in [0.25, 0.3) is 20.6 Å². The lowest BCUT2D eigenvalue weighted by Gasteiger charge is -1.97. The predicted octanol–water partition coefficient (Wildman–Crippen LogP) is 3.25. The van der Waals surface area contributed by atoms with Gasteiger partial charge in [-0.25, -0.2) is 0 Å². The van der Waals surface area contributed by atoms with Crippen molar-refractivity contribution in [3.8, 4) is 0 Å². The first-order chi connectivity index (χ1) is 8.43. The van der Waals surface area contributed by atoms with E-state index in [-0.39, 0.29) is 20.6 Å². The Morgan fingerprint density at radius 1 is 0.611 bits per heavy atom. The third kappa shape index (κ3) is 4.07. The first-order valence-corrected chi connectivity index (χ1v) is 6.02. The lowest BCUT2D eigenvalue weighted by atomic mass is 10.5. The molecule has 0 unspecified atom stereocenters. The second kappa shape index (κ2) is 6.85. The van der Waals surface area contributed by atoms with Crippen molar-refractivity contribution < 1.29 is 9.46 Å². The molecule has 8 heteroatoms. The Labute approximate surface area is 123 Å². The van der Waals surface area contributed by atoms with Crippen LogP contribution < -0.4 is 9.46 Å². The van der Waals surface area contributed by atoms with Crippen LogP contribution in [-0.4, -0.2) is 0 Å². The molecular weight excluding hydrogens is 322 g/mol. The summed E-state index contributed by atoms with van der Waals surface area (Å²) in [6.07, 6.45) is 0. The second-order valence-corrected chi connectivity index (χ2v) is 4.48. The molecule has 2 rings (SSSR count). The van der Waals surface area contributed by atoms with E-state index >= 15 is 0 Å². The standard InChI is InChI=1S/2C5H3Cl2NO/c2*6-4-2-1-3-5(7)8(4)9/h2*1-3H. The van der Waals surface area contributed by atoms with Gasteiger partial charge in [-0.1, -0.05) is 0 Å². The van der Waals surface area contributed by atoms with Crippen molar-refractivity contribution in [1.82, 2.24) is 0 Å². The van der Waals surface area contributed by atoms with Crippen LogP contribution >= 0.6 is 46.4 Å². The molecule has 0 aliphatic heterocycles. The topological polar surface area (TPSA) is 53.9 Å². The molecule has 0 aliphatic carbocycles. The number of halogens is 4. The quantitative estimate of drug-likeness (QED) is 0.423. The van der Waals surface area contributed by atoms with Crippen LogP contribution in [0.2, 0.25) is 20.6 Å². The van der Waals surface area contributed by atoms with Crippen molar-refractivity contribution in [2.45, 2.75) is 0 Å². The van der Waals surface area contributed by atoms with Gasteiger partial charge in [-0.05, 0) is 58.5 Å². The van der Waals surface area contributed by atoms with Crippen LogP contribution in [0.25, 0.3) is 0 Å². The van der Waals surface area contributed by atoms with Gasteiger partial charge < -0.3 is 10.4 Å². The van der Waals surface area contributed by atoms with E-state index in [0.29, 0.717) is 9.46 Å². The summed E-state index contributed by atoms with van der Waals surface area (Å²) in [5.74, 6) is 0. The van der Waals surface area contributed by atoms with E-state index in [9.17, 15) is 10.4 Å². The molecule has 2 aromatic rings. The van der Waals surface area contributed by atoms with Gasteiger partial charge in [-0.3, -0.25) is 0 Å². The number of nitrogens with zero attached hydrogens (tertiary/aromatic N) is 2. The molecule has 0 radical (unpaired) electrons. The van der Waals surface area contributed by atoms with Gasteiger partial charge >= 0.3 is 0 Å². The van der Waals surface area contributed by atoms with Crippen molar-refractivity contribution in [2.75, 3.05) is 0 Å². The monoisotopic (exact) mass is 326 g/mol. The van der Waals surface area contributed by atoms with Gasteiger partial charge in [0, 0.05) is 24.3 Å². The highest BCUT2D eigenvalue weighted by Gasteiger charge is 2.03. The van der Waals surface area contributed by atoms with Gasteiger partial charge in [0.2, 0.25) is 0 Å². The molecule has 2 aromatic heterocycles. The molecule has 0 N–H and O–H groups in total. The molecule has 96 valence electrons. The number of pyridine rings is 2. The third-order valence-corrected chi connectivity index (χ3v) is 2.83. The van der Waals surface area contributed by atoms with Crippen LogP contribution in [0.5, 0.6) is 0 Å². The second-order valence-electron chi connectivity index (χ2n) is 2.93. The summed E-state index contributed by atoms with van der Waals surface area (Å²) in [6.45, 7) is 0. The Hall–Kier alpha value is -0.940. The van der Waals surface area contributed by atoms with E-state index < -0.39 is 0 Å². The molecule has 0 aromatic carbocycles. The van der Waals surface area contributed by atoms with Crippen LogP contribution in [0.4, 0.5) is 0 Å². The Kier molecular flexibility index (Phi) is 5.75. The zero-order chi connectivity index (χ0) is 13.7. The summed E-state index contributed by atoms with van der Waals surface area (Å²) in [7, 11) is 0. The highest BCUT2D eigenvalue weighted by molar-refractivity contribution is 6.31. The Morgan fingerprint density at radius 3 is 1.00 bits per heavy atom. The van der Waals surface area contributed by atoms with E-state index in [2.05, 4.69) is 0 Å². The van der Waals surface area contributed by atoms with Crippen LogP contribution in [0.1, 0.15) is 0 Å². The largest absolute Gasteiger partial charge is 0.617 e. The summed E-state index contributed by atoms with van der Waals surface area (Å²) in [5, 5.41) is 21.6.